The first-order valence-electron chi connectivity index (χ1n) is 8.88. The van der Waals surface area contributed by atoms with Crippen LogP contribution >= 0.6 is 0 Å². The fourth-order valence-electron chi connectivity index (χ4n) is 4.15. The average Bonchev–Trinajstić information content (AvgIpc) is 3.24. The van der Waals surface area contributed by atoms with Gasteiger partial charge in [-0.15, -0.1) is 0 Å². The number of hydrogen-bond acceptors (Lipinski definition) is 2. The van der Waals surface area contributed by atoms with Gasteiger partial charge in [-0.2, -0.15) is 0 Å². The van der Waals surface area contributed by atoms with Gasteiger partial charge in [0, 0.05) is 25.2 Å². The van der Waals surface area contributed by atoms with Gasteiger partial charge in [0.15, 0.2) is 0 Å². The van der Waals surface area contributed by atoms with E-state index in [1.807, 2.05) is 0 Å². The Morgan fingerprint density at radius 3 is 2.86 bits per heavy atom. The van der Waals surface area contributed by atoms with Gasteiger partial charge in [-0.3, -0.25) is 4.90 Å². The van der Waals surface area contributed by atoms with Crippen molar-refractivity contribution in [2.75, 3.05) is 13.1 Å². The number of fused-ring (bicyclic) bond motifs is 1. The molecule has 2 atom stereocenters. The molecule has 1 saturated heterocycles. The van der Waals surface area contributed by atoms with Gasteiger partial charge in [-0.25, -0.2) is 0 Å². The summed E-state index contributed by atoms with van der Waals surface area (Å²) in [6, 6.07) is 8.69. The van der Waals surface area contributed by atoms with Gasteiger partial charge < -0.3 is 5.32 Å². The van der Waals surface area contributed by atoms with Crippen molar-refractivity contribution in [1.82, 2.24) is 10.2 Å². The predicted molar refractivity (Wildman–Crippen MR) is 87.5 cm³/mol. The number of aryl methyl sites for hydroxylation is 2. The second-order valence-electron chi connectivity index (χ2n) is 7.42. The van der Waals surface area contributed by atoms with Crippen LogP contribution < -0.4 is 5.32 Å². The minimum Gasteiger partial charge on any atom is -0.312 e. The lowest BCUT2D eigenvalue weighted by Crippen LogP contribution is -2.40. The van der Waals surface area contributed by atoms with E-state index in [0.717, 1.165) is 18.5 Å². The fourth-order valence-corrected chi connectivity index (χ4v) is 4.15. The highest BCUT2D eigenvalue weighted by Crippen LogP contribution is 2.34. The Balaban J connectivity index is 1.48. The van der Waals surface area contributed by atoms with E-state index in [0.29, 0.717) is 6.04 Å². The van der Waals surface area contributed by atoms with Crippen LogP contribution in [0.5, 0.6) is 0 Å². The monoisotopic (exact) mass is 284 g/mol. The maximum absolute atomic E-state index is 3.79. The molecule has 2 heteroatoms. The smallest absolute Gasteiger partial charge is 0.0237 e. The van der Waals surface area contributed by atoms with Crippen molar-refractivity contribution in [3.63, 3.8) is 0 Å². The molecule has 2 unspecified atom stereocenters. The van der Waals surface area contributed by atoms with Crippen LogP contribution in [-0.4, -0.2) is 30.1 Å². The zero-order valence-corrected chi connectivity index (χ0v) is 13.3. The summed E-state index contributed by atoms with van der Waals surface area (Å²) in [7, 11) is 0. The molecule has 0 bridgehead atoms. The average molecular weight is 284 g/mol. The van der Waals surface area contributed by atoms with Gasteiger partial charge in [0.1, 0.15) is 0 Å². The predicted octanol–water partition coefficient (Wildman–Crippen LogP) is 3.14. The number of nitrogens with one attached hydrogen (secondary N) is 1. The third-order valence-electron chi connectivity index (χ3n) is 5.76. The molecule has 1 aromatic rings. The lowest BCUT2D eigenvalue weighted by atomic mass is 10.0. The lowest BCUT2D eigenvalue weighted by molar-refractivity contribution is 0.190. The van der Waals surface area contributed by atoms with Crippen molar-refractivity contribution in [2.24, 2.45) is 5.92 Å². The number of nitrogens with zero attached hydrogens (tertiary/aromatic N) is 1. The van der Waals surface area contributed by atoms with E-state index in [1.54, 1.807) is 11.1 Å². The van der Waals surface area contributed by atoms with E-state index in [2.05, 4.69) is 35.3 Å². The summed E-state index contributed by atoms with van der Waals surface area (Å²) in [5.41, 5.74) is 4.74. The molecule has 2 aliphatic carbocycles. The Hall–Kier alpha value is -0.860. The summed E-state index contributed by atoms with van der Waals surface area (Å²) >= 11 is 0. The molecule has 21 heavy (non-hydrogen) atoms. The van der Waals surface area contributed by atoms with Crippen LogP contribution in [0.3, 0.4) is 0 Å². The molecule has 114 valence electrons. The van der Waals surface area contributed by atoms with Crippen LogP contribution in [0.4, 0.5) is 0 Å². The third-order valence-corrected chi connectivity index (χ3v) is 5.76. The highest BCUT2D eigenvalue weighted by molar-refractivity contribution is 5.35. The van der Waals surface area contributed by atoms with Gasteiger partial charge in [-0.05, 0) is 74.6 Å². The van der Waals surface area contributed by atoms with Crippen LogP contribution in [0, 0.1) is 5.92 Å². The SMILES string of the molecule is CC1CCNC(C2CC2)CN1Cc1ccc2c(c1)CCC2. The summed E-state index contributed by atoms with van der Waals surface area (Å²) in [6.45, 7) is 5.98. The maximum atomic E-state index is 3.79. The van der Waals surface area contributed by atoms with Gasteiger partial charge in [-0.1, -0.05) is 18.2 Å². The summed E-state index contributed by atoms with van der Waals surface area (Å²) in [5, 5.41) is 3.79. The van der Waals surface area contributed by atoms with Crippen LogP contribution in [0.2, 0.25) is 0 Å². The van der Waals surface area contributed by atoms with E-state index in [1.165, 1.54) is 57.2 Å². The summed E-state index contributed by atoms with van der Waals surface area (Å²) in [6.07, 6.45) is 8.12. The van der Waals surface area contributed by atoms with Crippen LogP contribution in [0.1, 0.15) is 49.3 Å². The van der Waals surface area contributed by atoms with E-state index < -0.39 is 0 Å². The minimum atomic E-state index is 0.703. The first kappa shape index (κ1) is 13.8. The minimum absolute atomic E-state index is 0.703. The summed E-state index contributed by atoms with van der Waals surface area (Å²) < 4.78 is 0. The van der Waals surface area contributed by atoms with Crippen molar-refractivity contribution >= 4 is 0 Å². The highest BCUT2D eigenvalue weighted by Gasteiger charge is 2.34. The Labute approximate surface area is 128 Å². The van der Waals surface area contributed by atoms with Gasteiger partial charge in [0.05, 0.1) is 0 Å². The van der Waals surface area contributed by atoms with E-state index in [-0.39, 0.29) is 0 Å². The molecule has 1 heterocycles. The van der Waals surface area contributed by atoms with E-state index in [4.69, 9.17) is 0 Å². The van der Waals surface area contributed by atoms with Crippen LogP contribution in [0.25, 0.3) is 0 Å². The topological polar surface area (TPSA) is 15.3 Å². The molecular weight excluding hydrogens is 256 g/mol. The van der Waals surface area contributed by atoms with Crippen molar-refractivity contribution < 1.29 is 0 Å². The summed E-state index contributed by atoms with van der Waals surface area (Å²) in [4.78, 5) is 2.72. The molecule has 2 nitrogen and oxygen atoms in total. The zero-order chi connectivity index (χ0) is 14.2. The van der Waals surface area contributed by atoms with Crippen LogP contribution in [0.15, 0.2) is 18.2 Å². The molecule has 0 aromatic heterocycles. The lowest BCUT2D eigenvalue weighted by Gasteiger charge is -2.29. The van der Waals surface area contributed by atoms with Crippen molar-refractivity contribution in [3.05, 3.63) is 34.9 Å². The highest BCUT2D eigenvalue weighted by atomic mass is 15.2. The van der Waals surface area contributed by atoms with Gasteiger partial charge in [0.25, 0.3) is 0 Å². The molecule has 0 amide bonds. The fraction of sp³-hybridized carbons (Fsp3) is 0.684. The normalized spacial score (nSPS) is 30.1. The Morgan fingerprint density at radius 2 is 2.00 bits per heavy atom. The Morgan fingerprint density at radius 1 is 1.14 bits per heavy atom. The molecular formula is C19H28N2. The second-order valence-corrected chi connectivity index (χ2v) is 7.42. The molecule has 1 saturated carbocycles. The van der Waals surface area contributed by atoms with Crippen molar-refractivity contribution in [3.8, 4) is 0 Å². The Kier molecular flexibility index (Phi) is 3.76. The Bertz CT molecular complexity index is 506. The molecule has 0 radical (unpaired) electrons. The van der Waals surface area contributed by atoms with Crippen molar-refractivity contribution in [1.29, 1.82) is 0 Å². The molecule has 1 aromatic carbocycles. The van der Waals surface area contributed by atoms with E-state index >= 15 is 0 Å². The molecule has 4 rings (SSSR count). The van der Waals surface area contributed by atoms with Crippen molar-refractivity contribution in [2.45, 2.75) is 64.1 Å². The van der Waals surface area contributed by atoms with Crippen LogP contribution in [-0.2, 0) is 19.4 Å². The maximum Gasteiger partial charge on any atom is 0.0237 e. The van der Waals surface area contributed by atoms with Gasteiger partial charge >= 0.3 is 0 Å². The largest absolute Gasteiger partial charge is 0.312 e. The quantitative estimate of drug-likeness (QED) is 0.917. The molecule has 0 spiro atoms. The molecule has 3 aliphatic rings. The number of rotatable bonds is 3. The third kappa shape index (κ3) is 3.02. The number of benzene rings is 1. The zero-order valence-electron chi connectivity index (χ0n) is 13.3. The number of hydrogen-bond donors (Lipinski definition) is 1. The first-order valence-corrected chi connectivity index (χ1v) is 8.88. The van der Waals surface area contributed by atoms with Gasteiger partial charge in [0.2, 0.25) is 0 Å². The first-order chi connectivity index (χ1) is 10.3. The molecule has 2 fully saturated rings. The second kappa shape index (κ2) is 5.73. The van der Waals surface area contributed by atoms with E-state index in [9.17, 15) is 0 Å². The molecule has 1 N–H and O–H groups in total. The summed E-state index contributed by atoms with van der Waals surface area (Å²) in [5.74, 6) is 0.956. The molecule has 1 aliphatic heterocycles. The standard InChI is InChI=1S/C19H28N2/c1-14-9-10-20-19(17-7-8-17)13-21(14)12-15-5-6-16-3-2-4-18(16)11-15/h5-6,11,14,17,19-20H,2-4,7-10,12-13H2,1H3.